The molecule has 1 saturated heterocycles. The van der Waals surface area contributed by atoms with Crippen LogP contribution in [0, 0.1) is 0 Å². The standard InChI is InChI=1S/C15H22N4O3/c1-22-15(21)19-9-5-13(6-10-19)18-14(20)17-8-4-12-3-2-7-16-11-12/h2-3,7,11,13H,4-6,8-10H2,1H3,(H2,17,18,20). The molecule has 0 saturated carbocycles. The van der Waals surface area contributed by atoms with E-state index in [1.165, 1.54) is 7.11 Å². The fraction of sp³-hybridized carbons (Fsp3) is 0.533. The number of hydrogen-bond donors (Lipinski definition) is 2. The van der Waals surface area contributed by atoms with Gasteiger partial charge in [-0.1, -0.05) is 6.07 Å². The Kier molecular flexibility index (Phi) is 6.00. The van der Waals surface area contributed by atoms with Crippen LogP contribution < -0.4 is 10.6 Å². The number of nitrogens with one attached hydrogen (secondary N) is 2. The Labute approximate surface area is 130 Å². The first-order valence-electron chi connectivity index (χ1n) is 7.45. The van der Waals surface area contributed by atoms with Crippen molar-refractivity contribution in [3.8, 4) is 0 Å². The highest BCUT2D eigenvalue weighted by Gasteiger charge is 2.23. The largest absolute Gasteiger partial charge is 0.453 e. The van der Waals surface area contributed by atoms with Crippen LogP contribution >= 0.6 is 0 Å². The molecule has 7 nitrogen and oxygen atoms in total. The Morgan fingerprint density at radius 3 is 2.82 bits per heavy atom. The van der Waals surface area contributed by atoms with Crippen molar-refractivity contribution in [1.29, 1.82) is 0 Å². The third kappa shape index (κ3) is 4.91. The summed E-state index contributed by atoms with van der Waals surface area (Å²) in [5, 5.41) is 5.78. The third-order valence-electron chi connectivity index (χ3n) is 3.69. The number of likely N-dealkylation sites (tertiary alicyclic amines) is 1. The van der Waals surface area contributed by atoms with E-state index in [1.807, 2.05) is 12.1 Å². The van der Waals surface area contributed by atoms with E-state index in [1.54, 1.807) is 17.3 Å². The van der Waals surface area contributed by atoms with Gasteiger partial charge in [0.05, 0.1) is 7.11 Å². The third-order valence-corrected chi connectivity index (χ3v) is 3.69. The summed E-state index contributed by atoms with van der Waals surface area (Å²) < 4.78 is 4.68. The van der Waals surface area contributed by atoms with Gasteiger partial charge in [-0.15, -0.1) is 0 Å². The molecule has 0 unspecified atom stereocenters. The Morgan fingerprint density at radius 1 is 1.41 bits per heavy atom. The van der Waals surface area contributed by atoms with Crippen LogP contribution in [-0.4, -0.2) is 54.8 Å². The highest BCUT2D eigenvalue weighted by atomic mass is 16.5. The van der Waals surface area contributed by atoms with Crippen LogP contribution in [0.5, 0.6) is 0 Å². The van der Waals surface area contributed by atoms with E-state index in [0.29, 0.717) is 19.6 Å². The summed E-state index contributed by atoms with van der Waals surface area (Å²) in [6, 6.07) is 3.79. The number of carbonyl (C=O) groups excluding carboxylic acids is 2. The summed E-state index contributed by atoms with van der Waals surface area (Å²) in [6.45, 7) is 1.78. The minimum absolute atomic E-state index is 0.0966. The maximum Gasteiger partial charge on any atom is 0.409 e. The Hall–Kier alpha value is -2.31. The molecule has 3 amide bonds. The van der Waals surface area contributed by atoms with Crippen molar-refractivity contribution in [2.75, 3.05) is 26.7 Å². The molecule has 1 fully saturated rings. The smallest absolute Gasteiger partial charge is 0.409 e. The van der Waals surface area contributed by atoms with E-state index >= 15 is 0 Å². The number of methoxy groups -OCH3 is 1. The van der Waals surface area contributed by atoms with Gasteiger partial charge >= 0.3 is 12.1 Å². The molecule has 1 aliphatic heterocycles. The van der Waals surface area contributed by atoms with Crippen LogP contribution in [0.2, 0.25) is 0 Å². The van der Waals surface area contributed by atoms with Crippen molar-refractivity contribution >= 4 is 12.1 Å². The fourth-order valence-electron chi connectivity index (χ4n) is 2.44. The van der Waals surface area contributed by atoms with Crippen molar-refractivity contribution in [3.63, 3.8) is 0 Å². The van der Waals surface area contributed by atoms with E-state index in [2.05, 4.69) is 20.4 Å². The molecular formula is C15H22N4O3. The highest BCUT2D eigenvalue weighted by Crippen LogP contribution is 2.11. The molecule has 0 radical (unpaired) electrons. The fourth-order valence-corrected chi connectivity index (χ4v) is 2.44. The second-order valence-corrected chi connectivity index (χ2v) is 5.24. The zero-order valence-electron chi connectivity index (χ0n) is 12.7. The number of aromatic nitrogens is 1. The number of urea groups is 1. The average molecular weight is 306 g/mol. The number of piperidine rings is 1. The molecule has 0 aliphatic carbocycles. The molecule has 2 N–H and O–H groups in total. The minimum atomic E-state index is -0.306. The summed E-state index contributed by atoms with van der Waals surface area (Å²) in [5.74, 6) is 0. The van der Waals surface area contributed by atoms with Crippen molar-refractivity contribution in [3.05, 3.63) is 30.1 Å². The van der Waals surface area contributed by atoms with Gasteiger partial charge in [0.25, 0.3) is 0 Å². The number of rotatable bonds is 4. The molecule has 1 aromatic heterocycles. The van der Waals surface area contributed by atoms with Crippen LogP contribution in [0.3, 0.4) is 0 Å². The van der Waals surface area contributed by atoms with Gasteiger partial charge in [-0.25, -0.2) is 9.59 Å². The number of amides is 3. The van der Waals surface area contributed by atoms with Crippen LogP contribution in [0.25, 0.3) is 0 Å². The second kappa shape index (κ2) is 8.21. The molecule has 1 aromatic rings. The van der Waals surface area contributed by atoms with Crippen LogP contribution in [-0.2, 0) is 11.2 Å². The molecule has 0 atom stereocenters. The molecule has 120 valence electrons. The lowest BCUT2D eigenvalue weighted by atomic mass is 10.1. The van der Waals surface area contributed by atoms with Gasteiger partial charge in [0.15, 0.2) is 0 Å². The quantitative estimate of drug-likeness (QED) is 0.874. The van der Waals surface area contributed by atoms with E-state index in [0.717, 1.165) is 24.8 Å². The first-order chi connectivity index (χ1) is 10.7. The molecule has 22 heavy (non-hydrogen) atoms. The van der Waals surface area contributed by atoms with Crippen LogP contribution in [0.15, 0.2) is 24.5 Å². The molecule has 7 heteroatoms. The molecule has 0 spiro atoms. The van der Waals surface area contributed by atoms with Crippen LogP contribution in [0.4, 0.5) is 9.59 Å². The molecular weight excluding hydrogens is 284 g/mol. The van der Waals surface area contributed by atoms with Crippen molar-refractivity contribution < 1.29 is 14.3 Å². The lowest BCUT2D eigenvalue weighted by Crippen LogP contribution is -2.49. The number of ether oxygens (including phenoxy) is 1. The van der Waals surface area contributed by atoms with Gasteiger partial charge < -0.3 is 20.3 Å². The lowest BCUT2D eigenvalue weighted by molar-refractivity contribution is 0.110. The Morgan fingerprint density at radius 2 is 2.18 bits per heavy atom. The number of nitrogens with zero attached hydrogens (tertiary/aromatic N) is 2. The van der Waals surface area contributed by atoms with Crippen LogP contribution in [0.1, 0.15) is 18.4 Å². The summed E-state index contributed by atoms with van der Waals surface area (Å²) in [4.78, 5) is 28.9. The van der Waals surface area contributed by atoms with Gasteiger partial charge in [0.1, 0.15) is 0 Å². The zero-order chi connectivity index (χ0) is 15.8. The number of pyridine rings is 1. The summed E-state index contributed by atoms with van der Waals surface area (Å²) in [5.41, 5.74) is 1.09. The van der Waals surface area contributed by atoms with Gasteiger partial charge in [-0.3, -0.25) is 4.98 Å². The van der Waals surface area contributed by atoms with Crippen molar-refractivity contribution in [2.45, 2.75) is 25.3 Å². The van der Waals surface area contributed by atoms with Gasteiger partial charge in [0.2, 0.25) is 0 Å². The maximum atomic E-state index is 11.8. The first-order valence-corrected chi connectivity index (χ1v) is 7.45. The van der Waals surface area contributed by atoms with Crippen molar-refractivity contribution in [1.82, 2.24) is 20.5 Å². The number of hydrogen-bond acceptors (Lipinski definition) is 4. The predicted molar refractivity (Wildman–Crippen MR) is 81.5 cm³/mol. The SMILES string of the molecule is COC(=O)N1CCC(NC(=O)NCCc2cccnc2)CC1. The maximum absolute atomic E-state index is 11.8. The first kappa shape index (κ1) is 16.1. The summed E-state index contributed by atoms with van der Waals surface area (Å²) in [6.07, 6.45) is 5.45. The molecule has 2 heterocycles. The zero-order valence-corrected chi connectivity index (χ0v) is 12.7. The Bertz CT molecular complexity index is 487. The molecule has 0 aromatic carbocycles. The monoisotopic (exact) mass is 306 g/mol. The van der Waals surface area contributed by atoms with E-state index < -0.39 is 0 Å². The lowest BCUT2D eigenvalue weighted by Gasteiger charge is -2.31. The highest BCUT2D eigenvalue weighted by molar-refractivity contribution is 5.74. The van der Waals surface area contributed by atoms with E-state index in [-0.39, 0.29) is 18.2 Å². The predicted octanol–water partition coefficient (Wildman–Crippen LogP) is 1.15. The summed E-state index contributed by atoms with van der Waals surface area (Å²) >= 11 is 0. The number of carbonyl (C=O) groups is 2. The van der Waals surface area contributed by atoms with E-state index in [9.17, 15) is 9.59 Å². The van der Waals surface area contributed by atoms with Gasteiger partial charge in [0, 0.05) is 38.1 Å². The molecule has 1 aliphatic rings. The average Bonchev–Trinajstić information content (AvgIpc) is 2.56. The van der Waals surface area contributed by atoms with Crippen molar-refractivity contribution in [2.24, 2.45) is 0 Å². The Balaban J connectivity index is 1.63. The van der Waals surface area contributed by atoms with Gasteiger partial charge in [-0.05, 0) is 30.9 Å². The van der Waals surface area contributed by atoms with Gasteiger partial charge in [-0.2, -0.15) is 0 Å². The normalized spacial score (nSPS) is 15.2. The second-order valence-electron chi connectivity index (χ2n) is 5.24. The molecule has 0 bridgehead atoms. The van der Waals surface area contributed by atoms with E-state index in [4.69, 9.17) is 0 Å². The minimum Gasteiger partial charge on any atom is -0.453 e. The topological polar surface area (TPSA) is 83.6 Å². The summed E-state index contributed by atoms with van der Waals surface area (Å²) in [7, 11) is 1.38. The molecule has 2 rings (SSSR count).